The van der Waals surface area contributed by atoms with E-state index in [1.54, 1.807) is 19.9 Å². The highest BCUT2D eigenvalue weighted by Gasteiger charge is 2.23. The van der Waals surface area contributed by atoms with E-state index in [1.807, 2.05) is 50.1 Å². The van der Waals surface area contributed by atoms with Crippen LogP contribution >= 0.6 is 0 Å². The van der Waals surface area contributed by atoms with Gasteiger partial charge in [-0.1, -0.05) is 45.6 Å². The molecule has 0 fully saturated rings. The molecule has 2 heterocycles. The number of hydrogen-bond acceptors (Lipinski definition) is 4. The van der Waals surface area contributed by atoms with Crippen molar-refractivity contribution in [2.45, 2.75) is 33.6 Å². The van der Waals surface area contributed by atoms with Crippen LogP contribution in [-0.2, 0) is 0 Å². The van der Waals surface area contributed by atoms with Crippen molar-refractivity contribution in [3.63, 3.8) is 0 Å². The Morgan fingerprint density at radius 2 is 1.92 bits per heavy atom. The molecule has 2 aromatic rings. The number of benzene rings is 1. The summed E-state index contributed by atoms with van der Waals surface area (Å²) in [5, 5.41) is 2.95. The van der Waals surface area contributed by atoms with Crippen LogP contribution in [0.25, 0.3) is 6.08 Å². The zero-order valence-electron chi connectivity index (χ0n) is 15.7. The summed E-state index contributed by atoms with van der Waals surface area (Å²) in [6, 6.07) is 7.67. The maximum absolute atomic E-state index is 12.7. The van der Waals surface area contributed by atoms with Crippen LogP contribution in [-0.4, -0.2) is 22.7 Å². The summed E-state index contributed by atoms with van der Waals surface area (Å²) in [6.45, 7) is 7.46. The number of para-hydroxylation sites is 2. The first kappa shape index (κ1) is 17.8. The van der Waals surface area contributed by atoms with Crippen molar-refractivity contribution in [3.05, 3.63) is 57.5 Å². The van der Waals surface area contributed by atoms with E-state index >= 15 is 0 Å². The molecule has 0 saturated heterocycles. The van der Waals surface area contributed by atoms with E-state index in [4.69, 9.17) is 4.74 Å². The summed E-state index contributed by atoms with van der Waals surface area (Å²) >= 11 is 0. The molecule has 0 radical (unpaired) electrons. The fourth-order valence-electron chi connectivity index (χ4n) is 2.82. The van der Waals surface area contributed by atoms with Crippen molar-refractivity contribution >= 4 is 17.7 Å². The Morgan fingerprint density at radius 1 is 1.23 bits per heavy atom. The maximum Gasteiger partial charge on any atom is 0.281 e. The molecule has 136 valence electrons. The smallest absolute Gasteiger partial charge is 0.281 e. The fraction of sp³-hybridized carbons (Fsp3) is 0.350. The van der Waals surface area contributed by atoms with Crippen molar-refractivity contribution in [2.24, 2.45) is 5.92 Å². The second-order valence-electron chi connectivity index (χ2n) is 6.95. The second kappa shape index (κ2) is 6.73. The highest BCUT2D eigenvalue weighted by Crippen LogP contribution is 2.36. The van der Waals surface area contributed by atoms with Gasteiger partial charge in [0, 0.05) is 24.7 Å². The number of carbonyl (C=O) groups excluding carboxylic acids is 1. The first-order valence-corrected chi connectivity index (χ1v) is 8.67. The number of carbonyl (C=O) groups is 1. The summed E-state index contributed by atoms with van der Waals surface area (Å²) in [5.74, 6) is 0.771. The van der Waals surface area contributed by atoms with Gasteiger partial charge < -0.3 is 9.64 Å². The van der Waals surface area contributed by atoms with E-state index < -0.39 is 0 Å². The number of rotatable bonds is 3. The van der Waals surface area contributed by atoms with Gasteiger partial charge in [-0.05, 0) is 18.1 Å². The molecule has 3 rings (SSSR count). The van der Waals surface area contributed by atoms with E-state index in [2.05, 4.69) is 10.8 Å². The predicted octanol–water partition coefficient (Wildman–Crippen LogP) is 3.58. The van der Waals surface area contributed by atoms with Gasteiger partial charge in [0.25, 0.3) is 11.5 Å². The summed E-state index contributed by atoms with van der Waals surface area (Å²) in [5.41, 5.74) is 4.77. The molecule has 0 spiro atoms. The SMILES string of the molecule is CC(C)C(=O)n1[nH]c(C(C)C)c(C=C=C2Oc3ccccc3N2C)c1=O. The number of H-pyrrole nitrogens is 1. The molecule has 26 heavy (non-hydrogen) atoms. The topological polar surface area (TPSA) is 67.3 Å². The quantitative estimate of drug-likeness (QED) is 0.857. The molecule has 6 heteroatoms. The van der Waals surface area contributed by atoms with Crippen LogP contribution < -0.4 is 15.2 Å². The van der Waals surface area contributed by atoms with Crippen molar-refractivity contribution in [1.82, 2.24) is 9.78 Å². The lowest BCUT2D eigenvalue weighted by Gasteiger charge is -2.08. The average Bonchev–Trinajstić information content (AvgIpc) is 3.10. The maximum atomic E-state index is 12.7. The predicted molar refractivity (Wildman–Crippen MR) is 102 cm³/mol. The molecule has 1 aliphatic heterocycles. The highest BCUT2D eigenvalue weighted by molar-refractivity contribution is 5.80. The molecular weight excluding hydrogens is 330 g/mol. The van der Waals surface area contributed by atoms with Crippen LogP contribution in [0.2, 0.25) is 0 Å². The molecule has 0 atom stereocenters. The number of ether oxygens (including phenoxy) is 1. The minimum absolute atomic E-state index is 0.0568. The van der Waals surface area contributed by atoms with Crippen molar-refractivity contribution in [1.29, 1.82) is 0 Å². The number of hydrogen-bond donors (Lipinski definition) is 1. The number of nitrogens with zero attached hydrogens (tertiary/aromatic N) is 2. The zero-order chi connectivity index (χ0) is 19.0. The fourth-order valence-corrected chi connectivity index (χ4v) is 2.82. The number of fused-ring (bicyclic) bond motifs is 1. The standard InChI is InChI=1S/C20H23N3O3/c1-12(2)18-14(20(25)23(21-18)19(24)13(3)4)10-11-17-22(5)15-8-6-7-9-16(15)26-17/h6-10,12-13,21H,1-5H3. The molecule has 1 aliphatic rings. The second-order valence-corrected chi connectivity index (χ2v) is 6.95. The van der Waals surface area contributed by atoms with Crippen LogP contribution in [0, 0.1) is 5.92 Å². The van der Waals surface area contributed by atoms with Crippen LogP contribution in [0.4, 0.5) is 5.69 Å². The number of anilines is 1. The molecular formula is C20H23N3O3. The number of aromatic nitrogens is 2. The van der Waals surface area contributed by atoms with Gasteiger partial charge in [0.05, 0.1) is 11.3 Å². The third-order valence-corrected chi connectivity index (χ3v) is 4.33. The minimum Gasteiger partial charge on any atom is -0.432 e. The van der Waals surface area contributed by atoms with E-state index in [0.717, 1.165) is 16.1 Å². The Morgan fingerprint density at radius 3 is 2.54 bits per heavy atom. The normalized spacial score (nSPS) is 13.0. The Kier molecular flexibility index (Phi) is 4.62. The van der Waals surface area contributed by atoms with E-state index in [9.17, 15) is 9.59 Å². The van der Waals surface area contributed by atoms with Crippen molar-refractivity contribution in [2.75, 3.05) is 11.9 Å². The summed E-state index contributed by atoms with van der Waals surface area (Å²) in [7, 11) is 1.88. The Balaban J connectivity index is 2.07. The molecule has 1 aromatic carbocycles. The van der Waals surface area contributed by atoms with Crippen LogP contribution in [0.3, 0.4) is 0 Å². The monoisotopic (exact) mass is 353 g/mol. The molecule has 1 aromatic heterocycles. The van der Waals surface area contributed by atoms with Crippen LogP contribution in [0.5, 0.6) is 5.75 Å². The van der Waals surface area contributed by atoms with Gasteiger partial charge in [0.1, 0.15) is 0 Å². The Bertz CT molecular complexity index is 972. The van der Waals surface area contributed by atoms with Gasteiger partial charge in [-0.25, -0.2) is 0 Å². The Hall–Kier alpha value is -2.98. The summed E-state index contributed by atoms with van der Waals surface area (Å²) < 4.78 is 6.88. The summed E-state index contributed by atoms with van der Waals surface area (Å²) in [6.07, 6.45) is 1.59. The molecule has 0 amide bonds. The van der Waals surface area contributed by atoms with Crippen molar-refractivity contribution in [3.8, 4) is 5.75 Å². The molecule has 0 unspecified atom stereocenters. The molecule has 0 saturated carbocycles. The van der Waals surface area contributed by atoms with Gasteiger partial charge in [-0.2, -0.15) is 4.68 Å². The lowest BCUT2D eigenvalue weighted by atomic mass is 10.1. The minimum atomic E-state index is -0.362. The largest absolute Gasteiger partial charge is 0.432 e. The molecule has 0 bridgehead atoms. The molecule has 1 N–H and O–H groups in total. The molecule has 0 aliphatic carbocycles. The van der Waals surface area contributed by atoms with Crippen molar-refractivity contribution < 1.29 is 9.53 Å². The van der Waals surface area contributed by atoms with Crippen LogP contribution in [0.15, 0.2) is 40.7 Å². The molecule has 6 nitrogen and oxygen atoms in total. The van der Waals surface area contributed by atoms with E-state index in [1.165, 1.54) is 0 Å². The highest BCUT2D eigenvalue weighted by atomic mass is 16.5. The first-order valence-electron chi connectivity index (χ1n) is 8.67. The zero-order valence-corrected chi connectivity index (χ0v) is 15.7. The number of nitrogens with one attached hydrogen (secondary N) is 1. The van der Waals surface area contributed by atoms with Gasteiger partial charge in [-0.15, -0.1) is 0 Å². The van der Waals surface area contributed by atoms with Gasteiger partial charge >= 0.3 is 0 Å². The van der Waals surface area contributed by atoms with Crippen LogP contribution in [0.1, 0.15) is 49.7 Å². The lowest BCUT2D eigenvalue weighted by Crippen LogP contribution is -2.28. The first-order chi connectivity index (χ1) is 12.3. The third-order valence-electron chi connectivity index (χ3n) is 4.33. The Labute approximate surface area is 152 Å². The average molecular weight is 353 g/mol. The lowest BCUT2D eigenvalue weighted by molar-refractivity contribution is 0.0833. The third kappa shape index (κ3) is 3.00. The summed E-state index contributed by atoms with van der Waals surface area (Å²) in [4.78, 5) is 26.9. The van der Waals surface area contributed by atoms with Gasteiger partial charge in [-0.3, -0.25) is 14.7 Å². The number of aromatic amines is 1. The van der Waals surface area contributed by atoms with Gasteiger partial charge in [0.15, 0.2) is 5.75 Å². The van der Waals surface area contributed by atoms with E-state index in [-0.39, 0.29) is 23.3 Å². The van der Waals surface area contributed by atoms with Gasteiger partial charge in [0.2, 0.25) is 5.88 Å². The van der Waals surface area contributed by atoms with E-state index in [0.29, 0.717) is 17.1 Å².